The monoisotopic (exact) mass is 411 g/mol. The summed E-state index contributed by atoms with van der Waals surface area (Å²) >= 11 is 0. The predicted octanol–water partition coefficient (Wildman–Crippen LogP) is 1.50. The van der Waals surface area contributed by atoms with E-state index in [1.54, 1.807) is 0 Å². The molecule has 5 rings (SSSR count). The number of carbonyl (C=O) groups excluding carboxylic acids is 1. The molecule has 0 aromatic heterocycles. The molecule has 1 amide bonds. The lowest BCUT2D eigenvalue weighted by Gasteiger charge is -2.38. The van der Waals surface area contributed by atoms with Gasteiger partial charge in [-0.2, -0.15) is 10.1 Å². The summed E-state index contributed by atoms with van der Waals surface area (Å²) in [5, 5.41) is 19.4. The average Bonchev–Trinajstić information content (AvgIpc) is 3.32. The Labute approximate surface area is 176 Å². The van der Waals surface area contributed by atoms with Crippen molar-refractivity contribution in [1.29, 1.82) is 0 Å². The van der Waals surface area contributed by atoms with Gasteiger partial charge in [0, 0.05) is 25.9 Å². The van der Waals surface area contributed by atoms with Crippen molar-refractivity contribution < 1.29 is 14.6 Å². The van der Waals surface area contributed by atoms with E-state index in [0.717, 1.165) is 43.3 Å². The zero-order valence-corrected chi connectivity index (χ0v) is 17.4. The highest BCUT2D eigenvalue weighted by Crippen LogP contribution is 2.48. The van der Waals surface area contributed by atoms with Crippen molar-refractivity contribution in [3.63, 3.8) is 0 Å². The van der Waals surface area contributed by atoms with Crippen LogP contribution < -0.4 is 5.32 Å². The second-order valence-electron chi connectivity index (χ2n) is 9.04. The van der Waals surface area contributed by atoms with Crippen LogP contribution in [0.4, 0.5) is 0 Å². The lowest BCUT2D eigenvalue weighted by molar-refractivity contribution is -0.125. The zero-order chi connectivity index (χ0) is 20.7. The molecule has 2 unspecified atom stereocenters. The Hall–Kier alpha value is -2.57. The molecule has 8 nitrogen and oxygen atoms in total. The predicted molar refractivity (Wildman–Crippen MR) is 113 cm³/mol. The maximum absolute atomic E-state index is 12.7. The van der Waals surface area contributed by atoms with Crippen LogP contribution in [0.1, 0.15) is 45.4 Å². The number of nitrogens with zero attached hydrogens (tertiary/aromatic N) is 4. The second kappa shape index (κ2) is 7.60. The number of rotatable bonds is 3. The molecule has 8 heteroatoms. The molecule has 0 radical (unpaired) electrons. The number of aliphatic hydroxyl groups is 1. The molecule has 0 bridgehead atoms. The van der Waals surface area contributed by atoms with E-state index >= 15 is 0 Å². The lowest BCUT2D eigenvalue weighted by atomic mass is 9.68. The number of amidine groups is 1. The standard InChI is InChI=1S/C22H29N5O3/c1-15-12-23-21(29)27(25-20(15)26-9-8-22(14-26)6-2-7-22)13-19(28)24-17-4-3-16-5-10-30-18(16)11-17/h3-4,17,21,29H,2,5-11,13-14H2,1H3,(H,24,28). The first-order chi connectivity index (χ1) is 14.5. The van der Waals surface area contributed by atoms with Gasteiger partial charge in [0.05, 0.1) is 18.2 Å². The minimum Gasteiger partial charge on any atom is -0.497 e. The molecule has 2 N–H and O–H groups in total. The Morgan fingerprint density at radius 3 is 3.07 bits per heavy atom. The van der Waals surface area contributed by atoms with Crippen molar-refractivity contribution in [2.24, 2.45) is 15.5 Å². The molecular weight excluding hydrogens is 382 g/mol. The van der Waals surface area contributed by atoms with Gasteiger partial charge in [-0.1, -0.05) is 18.6 Å². The fourth-order valence-corrected chi connectivity index (χ4v) is 5.02. The average molecular weight is 412 g/mol. The largest absolute Gasteiger partial charge is 0.497 e. The van der Waals surface area contributed by atoms with E-state index < -0.39 is 6.35 Å². The summed E-state index contributed by atoms with van der Waals surface area (Å²) in [6.45, 7) is 4.47. The van der Waals surface area contributed by atoms with Crippen LogP contribution in [0, 0.1) is 5.41 Å². The highest BCUT2D eigenvalue weighted by atomic mass is 16.5. The van der Waals surface area contributed by atoms with Crippen molar-refractivity contribution >= 4 is 17.6 Å². The summed E-state index contributed by atoms with van der Waals surface area (Å²) in [7, 11) is 0. The normalized spacial score (nSPS) is 29.3. The lowest BCUT2D eigenvalue weighted by Crippen LogP contribution is -2.44. The van der Waals surface area contributed by atoms with E-state index in [-0.39, 0.29) is 18.5 Å². The Morgan fingerprint density at radius 1 is 1.43 bits per heavy atom. The van der Waals surface area contributed by atoms with Gasteiger partial charge in [-0.25, -0.2) is 5.01 Å². The van der Waals surface area contributed by atoms with Crippen molar-refractivity contribution in [1.82, 2.24) is 15.2 Å². The number of aliphatic imine (C=N–C) groups is 1. The van der Waals surface area contributed by atoms with Gasteiger partial charge >= 0.3 is 0 Å². The molecular formula is C22H29N5O3. The molecule has 0 aromatic rings. The van der Waals surface area contributed by atoms with E-state index in [4.69, 9.17) is 4.74 Å². The molecule has 2 aliphatic carbocycles. The number of carbonyl (C=O) groups is 1. The quantitative estimate of drug-likeness (QED) is 0.735. The van der Waals surface area contributed by atoms with E-state index in [1.165, 1.54) is 36.3 Å². The first-order valence-corrected chi connectivity index (χ1v) is 10.9. The number of ether oxygens (including phenoxy) is 1. The van der Waals surface area contributed by atoms with Gasteiger partial charge in [-0.3, -0.25) is 4.79 Å². The van der Waals surface area contributed by atoms with Crippen molar-refractivity contribution in [3.05, 3.63) is 29.1 Å². The summed E-state index contributed by atoms with van der Waals surface area (Å²) in [6.07, 6.45) is 9.46. The fraction of sp³-hybridized carbons (Fsp3) is 0.636. The molecule has 2 fully saturated rings. The summed E-state index contributed by atoms with van der Waals surface area (Å²) in [6, 6.07) is -0.109. The Kier molecular flexibility index (Phi) is 4.91. The summed E-state index contributed by atoms with van der Waals surface area (Å²) in [5.74, 6) is 4.43. The maximum Gasteiger partial charge on any atom is 0.249 e. The van der Waals surface area contributed by atoms with Crippen LogP contribution in [-0.4, -0.2) is 71.3 Å². The summed E-state index contributed by atoms with van der Waals surface area (Å²) in [5.41, 5.74) is 2.45. The van der Waals surface area contributed by atoms with E-state index in [0.29, 0.717) is 11.8 Å². The van der Waals surface area contributed by atoms with Crippen molar-refractivity contribution in [3.8, 4) is 0 Å². The van der Waals surface area contributed by atoms with Gasteiger partial charge in [0.1, 0.15) is 12.3 Å². The number of hydrazone groups is 1. The van der Waals surface area contributed by atoms with Crippen LogP contribution >= 0.6 is 0 Å². The number of likely N-dealkylation sites (tertiary alicyclic amines) is 1. The number of hydrogen-bond donors (Lipinski definition) is 2. The van der Waals surface area contributed by atoms with Crippen LogP contribution in [0.5, 0.6) is 0 Å². The molecule has 5 aliphatic rings. The smallest absolute Gasteiger partial charge is 0.249 e. The third-order valence-electron chi connectivity index (χ3n) is 6.92. The Balaban J connectivity index is 1.25. The van der Waals surface area contributed by atoms with Crippen LogP contribution in [0.15, 0.2) is 39.2 Å². The van der Waals surface area contributed by atoms with Crippen LogP contribution in [0.3, 0.4) is 0 Å². The molecule has 1 saturated heterocycles. The molecule has 2 atom stereocenters. The van der Waals surface area contributed by atoms with Crippen molar-refractivity contribution in [2.75, 3.05) is 26.2 Å². The number of allylic oxidation sites excluding steroid dienone is 1. The van der Waals surface area contributed by atoms with Gasteiger partial charge in [-0.05, 0) is 43.0 Å². The number of aliphatic hydroxyl groups excluding tert-OH is 1. The van der Waals surface area contributed by atoms with Gasteiger partial charge in [0.15, 0.2) is 5.84 Å². The SMILES string of the molecule is CC1=C=NC(O)N(CC(=O)NC2C=CC3=C(C2)OCC3)N=C1N1CCC2(CCC2)C1. The molecule has 3 aliphatic heterocycles. The highest BCUT2D eigenvalue weighted by Gasteiger charge is 2.44. The topological polar surface area (TPSA) is 89.8 Å². The minimum absolute atomic E-state index is 0.0702. The highest BCUT2D eigenvalue weighted by molar-refractivity contribution is 6.05. The van der Waals surface area contributed by atoms with E-state index in [1.807, 2.05) is 19.1 Å². The molecule has 1 saturated carbocycles. The molecule has 1 spiro atoms. The third-order valence-corrected chi connectivity index (χ3v) is 6.92. The van der Waals surface area contributed by atoms with Gasteiger partial charge in [0.25, 0.3) is 0 Å². The van der Waals surface area contributed by atoms with Crippen LogP contribution in [0.2, 0.25) is 0 Å². The zero-order valence-electron chi connectivity index (χ0n) is 17.4. The fourth-order valence-electron chi connectivity index (χ4n) is 5.02. The molecule has 160 valence electrons. The third kappa shape index (κ3) is 3.66. The van der Waals surface area contributed by atoms with Gasteiger partial charge in [-0.15, -0.1) is 0 Å². The van der Waals surface area contributed by atoms with Crippen LogP contribution in [-0.2, 0) is 9.53 Å². The Bertz CT molecular complexity index is 894. The van der Waals surface area contributed by atoms with Gasteiger partial charge in [0.2, 0.25) is 12.3 Å². The summed E-state index contributed by atoms with van der Waals surface area (Å²) < 4.78 is 5.64. The van der Waals surface area contributed by atoms with Crippen LogP contribution in [0.25, 0.3) is 0 Å². The maximum atomic E-state index is 12.7. The van der Waals surface area contributed by atoms with Crippen molar-refractivity contribution in [2.45, 2.75) is 57.8 Å². The number of hydrogen-bond acceptors (Lipinski definition) is 7. The molecule has 30 heavy (non-hydrogen) atoms. The molecule has 0 aromatic carbocycles. The molecule has 3 heterocycles. The van der Waals surface area contributed by atoms with E-state index in [9.17, 15) is 9.90 Å². The summed E-state index contributed by atoms with van der Waals surface area (Å²) in [4.78, 5) is 19.0. The van der Waals surface area contributed by atoms with E-state index in [2.05, 4.69) is 26.2 Å². The number of nitrogens with one attached hydrogen (secondary N) is 1. The number of amides is 1. The first-order valence-electron chi connectivity index (χ1n) is 10.9. The minimum atomic E-state index is -1.22. The van der Waals surface area contributed by atoms with Gasteiger partial charge < -0.3 is 20.1 Å². The second-order valence-corrected chi connectivity index (χ2v) is 9.04. The first kappa shape index (κ1) is 19.4. The Morgan fingerprint density at radius 2 is 2.30 bits per heavy atom.